The molecule has 8 aromatic carbocycles. The standard InChI is InChI=1S/C50H36BN3S/c1-31-24-26-42(32(2)28-31)52-43-27-25-39-37-19-10-12-23-46(37)55-50(39)47(43)40-29-35(53(33-14-5-3-6-15-33)34-16-7-4-8-17-34)30-45-48(40)51-41-21-13-20-38-36-18-9-11-22-44(36)54(45)49(38)41/h3-30,51-52H,1-2H3. The van der Waals surface area contributed by atoms with Gasteiger partial charge in [-0.3, -0.25) is 0 Å². The molecule has 260 valence electrons. The highest BCUT2D eigenvalue weighted by atomic mass is 32.1. The van der Waals surface area contributed by atoms with Gasteiger partial charge in [0.1, 0.15) is 0 Å². The van der Waals surface area contributed by atoms with Gasteiger partial charge in [-0.2, -0.15) is 0 Å². The summed E-state index contributed by atoms with van der Waals surface area (Å²) in [4.78, 5) is 2.41. The molecule has 1 aliphatic heterocycles. The zero-order valence-electron chi connectivity index (χ0n) is 30.7. The molecule has 0 spiro atoms. The molecule has 1 aliphatic rings. The number of benzene rings is 8. The van der Waals surface area contributed by atoms with Crippen LogP contribution in [0.3, 0.4) is 0 Å². The Labute approximate surface area is 325 Å². The van der Waals surface area contributed by atoms with Crippen LogP contribution in [0, 0.1) is 13.8 Å². The summed E-state index contributed by atoms with van der Waals surface area (Å²) < 4.78 is 5.14. The summed E-state index contributed by atoms with van der Waals surface area (Å²) >= 11 is 1.90. The van der Waals surface area contributed by atoms with Gasteiger partial charge in [-0.1, -0.05) is 120 Å². The van der Waals surface area contributed by atoms with E-state index in [1.807, 2.05) is 11.3 Å². The second-order valence-corrected chi connectivity index (χ2v) is 15.8. The van der Waals surface area contributed by atoms with Gasteiger partial charge < -0.3 is 14.8 Å². The van der Waals surface area contributed by atoms with E-state index in [1.54, 1.807) is 0 Å². The average Bonchev–Trinajstić information content (AvgIpc) is 3.77. The van der Waals surface area contributed by atoms with Crippen LogP contribution in [-0.2, 0) is 0 Å². The second kappa shape index (κ2) is 12.5. The fourth-order valence-corrected chi connectivity index (χ4v) is 10.2. The van der Waals surface area contributed by atoms with Gasteiger partial charge in [-0.15, -0.1) is 11.3 Å². The maximum absolute atomic E-state index is 3.97. The van der Waals surface area contributed by atoms with E-state index < -0.39 is 0 Å². The molecule has 0 radical (unpaired) electrons. The fourth-order valence-electron chi connectivity index (χ4n) is 8.91. The number of aromatic nitrogens is 1. The third kappa shape index (κ3) is 5.04. The summed E-state index contributed by atoms with van der Waals surface area (Å²) in [6, 6.07) is 62.4. The third-order valence-electron chi connectivity index (χ3n) is 11.4. The summed E-state index contributed by atoms with van der Waals surface area (Å²) in [5, 5.41) is 9.14. The van der Waals surface area contributed by atoms with Gasteiger partial charge in [0.25, 0.3) is 0 Å². The number of anilines is 5. The van der Waals surface area contributed by atoms with Crippen molar-refractivity contribution in [2.24, 2.45) is 0 Å². The van der Waals surface area contributed by atoms with Gasteiger partial charge in [-0.05, 0) is 91.1 Å². The van der Waals surface area contributed by atoms with Crippen molar-refractivity contribution in [1.82, 2.24) is 4.57 Å². The van der Waals surface area contributed by atoms with Crippen LogP contribution in [0.15, 0.2) is 170 Å². The molecule has 3 nitrogen and oxygen atoms in total. The first kappa shape index (κ1) is 31.9. The Balaban J connectivity index is 1.29. The van der Waals surface area contributed by atoms with Gasteiger partial charge in [0, 0.05) is 76.1 Å². The summed E-state index contributed by atoms with van der Waals surface area (Å²) in [6.07, 6.45) is 0. The molecular weight excluding hydrogens is 685 g/mol. The van der Waals surface area contributed by atoms with E-state index in [2.05, 4.69) is 198 Å². The molecule has 0 unspecified atom stereocenters. The normalized spacial score (nSPS) is 12.0. The number of hydrogen-bond donors (Lipinski definition) is 1. The first-order valence-corrected chi connectivity index (χ1v) is 19.8. The number of fused-ring (bicyclic) bond motifs is 8. The van der Waals surface area contributed by atoms with Gasteiger partial charge in [0.15, 0.2) is 7.28 Å². The number of nitrogens with one attached hydrogen (secondary N) is 1. The lowest BCUT2D eigenvalue weighted by atomic mass is 9.59. The van der Waals surface area contributed by atoms with Gasteiger partial charge in [-0.25, -0.2) is 0 Å². The van der Waals surface area contributed by atoms with Gasteiger partial charge in [0.05, 0.1) is 5.52 Å². The molecule has 0 fully saturated rings. The monoisotopic (exact) mass is 721 g/mol. The van der Waals surface area contributed by atoms with Crippen molar-refractivity contribution >= 4 is 100.0 Å². The molecule has 0 aliphatic carbocycles. The van der Waals surface area contributed by atoms with E-state index in [0.717, 1.165) is 35.7 Å². The molecular formula is C50H36BN3S. The van der Waals surface area contributed by atoms with E-state index in [-0.39, 0.29) is 0 Å². The molecule has 0 bridgehead atoms. The molecule has 0 amide bonds. The Morgan fingerprint density at radius 2 is 1.25 bits per heavy atom. The van der Waals surface area contributed by atoms with Crippen LogP contribution in [0.1, 0.15) is 11.1 Å². The number of nitrogens with zero attached hydrogens (tertiary/aromatic N) is 2. The van der Waals surface area contributed by atoms with Gasteiger partial charge in [0.2, 0.25) is 0 Å². The van der Waals surface area contributed by atoms with Crippen LogP contribution in [0.5, 0.6) is 0 Å². The second-order valence-electron chi connectivity index (χ2n) is 14.7. The topological polar surface area (TPSA) is 20.2 Å². The Morgan fingerprint density at radius 1 is 0.564 bits per heavy atom. The molecule has 0 atom stereocenters. The summed E-state index contributed by atoms with van der Waals surface area (Å²) in [7, 11) is 0.833. The van der Waals surface area contributed by atoms with Crippen molar-refractivity contribution in [3.8, 4) is 16.8 Å². The van der Waals surface area contributed by atoms with E-state index >= 15 is 0 Å². The van der Waals surface area contributed by atoms with Crippen LogP contribution >= 0.6 is 11.3 Å². The third-order valence-corrected chi connectivity index (χ3v) is 12.6. The number of hydrogen-bond acceptors (Lipinski definition) is 3. The summed E-state index contributed by atoms with van der Waals surface area (Å²) in [5.74, 6) is 0. The van der Waals surface area contributed by atoms with Crippen molar-refractivity contribution in [2.45, 2.75) is 13.8 Å². The summed E-state index contributed by atoms with van der Waals surface area (Å²) in [5.41, 5.74) is 17.0. The predicted molar refractivity (Wildman–Crippen MR) is 239 cm³/mol. The van der Waals surface area contributed by atoms with Crippen LogP contribution in [0.4, 0.5) is 28.4 Å². The van der Waals surface area contributed by atoms with E-state index in [4.69, 9.17) is 0 Å². The molecule has 10 aromatic rings. The highest BCUT2D eigenvalue weighted by molar-refractivity contribution is 7.26. The van der Waals surface area contributed by atoms with Crippen molar-refractivity contribution in [2.75, 3.05) is 10.2 Å². The molecule has 0 saturated heterocycles. The lowest BCUT2D eigenvalue weighted by Gasteiger charge is -2.30. The zero-order valence-corrected chi connectivity index (χ0v) is 31.5. The first-order valence-electron chi connectivity index (χ1n) is 19.0. The first-order chi connectivity index (χ1) is 27.1. The van der Waals surface area contributed by atoms with Crippen molar-refractivity contribution in [3.63, 3.8) is 0 Å². The molecule has 2 aromatic heterocycles. The number of rotatable bonds is 6. The quantitative estimate of drug-likeness (QED) is 0.173. The van der Waals surface area contributed by atoms with E-state index in [9.17, 15) is 0 Å². The Bertz CT molecular complexity index is 3090. The van der Waals surface area contributed by atoms with Crippen LogP contribution in [0.2, 0.25) is 0 Å². The molecule has 11 rings (SSSR count). The minimum atomic E-state index is 0.833. The lowest BCUT2D eigenvalue weighted by Crippen LogP contribution is -2.37. The van der Waals surface area contributed by atoms with E-state index in [1.165, 1.54) is 80.8 Å². The average molecular weight is 722 g/mol. The minimum absolute atomic E-state index is 0.833. The molecule has 1 N–H and O–H groups in total. The van der Waals surface area contributed by atoms with Crippen LogP contribution in [-0.4, -0.2) is 11.8 Å². The minimum Gasteiger partial charge on any atom is -0.355 e. The SMILES string of the molecule is Cc1ccc(Nc2ccc3c(sc4ccccc43)c2-c2cc(N(c3ccccc3)c3ccccc3)cc3c2Bc2cccc4c5ccccc5n-3c24)c(C)c1. The Morgan fingerprint density at radius 3 is 2.04 bits per heavy atom. The highest BCUT2D eigenvalue weighted by Gasteiger charge is 2.29. The van der Waals surface area contributed by atoms with Crippen LogP contribution < -0.4 is 21.1 Å². The molecule has 0 saturated carbocycles. The van der Waals surface area contributed by atoms with Crippen molar-refractivity contribution < 1.29 is 0 Å². The summed E-state index contributed by atoms with van der Waals surface area (Å²) in [6.45, 7) is 4.36. The lowest BCUT2D eigenvalue weighted by molar-refractivity contribution is 1.18. The Kier molecular flexibility index (Phi) is 7.26. The van der Waals surface area contributed by atoms with Gasteiger partial charge >= 0.3 is 0 Å². The predicted octanol–water partition coefficient (Wildman–Crippen LogP) is 12.3. The number of para-hydroxylation sites is 4. The Hall–Kier alpha value is -6.56. The molecule has 3 heterocycles. The maximum atomic E-state index is 3.97. The van der Waals surface area contributed by atoms with Crippen LogP contribution in [0.25, 0.3) is 58.8 Å². The van der Waals surface area contributed by atoms with Crippen molar-refractivity contribution in [3.05, 3.63) is 181 Å². The zero-order chi connectivity index (χ0) is 36.6. The largest absolute Gasteiger partial charge is 0.355 e. The fraction of sp³-hybridized carbons (Fsp3) is 0.0400. The maximum Gasteiger partial charge on any atom is 0.198 e. The van der Waals surface area contributed by atoms with Crippen molar-refractivity contribution in [1.29, 1.82) is 0 Å². The highest BCUT2D eigenvalue weighted by Crippen LogP contribution is 2.47. The number of aryl methyl sites for hydroxylation is 2. The molecule has 5 heteroatoms. The number of thiophene rings is 1. The molecule has 55 heavy (non-hydrogen) atoms. The smallest absolute Gasteiger partial charge is 0.198 e. The van der Waals surface area contributed by atoms with E-state index in [0.29, 0.717) is 0 Å².